The fourth-order valence-corrected chi connectivity index (χ4v) is 1.90. The Hall–Kier alpha value is -1.23. The van der Waals surface area contributed by atoms with Gasteiger partial charge in [-0.3, -0.25) is 4.79 Å². The molecule has 0 radical (unpaired) electrons. The highest BCUT2D eigenvalue weighted by Crippen LogP contribution is 2.44. The van der Waals surface area contributed by atoms with E-state index in [-0.39, 0.29) is 5.78 Å². The van der Waals surface area contributed by atoms with Gasteiger partial charge in [0.15, 0.2) is 11.5 Å². The first-order chi connectivity index (χ1) is 8.06. The molecule has 0 aromatic heterocycles. The van der Waals surface area contributed by atoms with Crippen LogP contribution in [0.2, 0.25) is 0 Å². The molecule has 17 heavy (non-hydrogen) atoms. The van der Waals surface area contributed by atoms with E-state index in [4.69, 9.17) is 14.2 Å². The summed E-state index contributed by atoms with van der Waals surface area (Å²) >= 11 is 3.33. The van der Waals surface area contributed by atoms with E-state index in [1.807, 2.05) is 0 Å². The van der Waals surface area contributed by atoms with Crippen LogP contribution >= 0.6 is 15.9 Å². The van der Waals surface area contributed by atoms with Gasteiger partial charge in [0, 0.05) is 5.56 Å². The number of Topliss-reactive ketones (excluding diaryl/α,β-unsaturated/α-hetero) is 1. The largest absolute Gasteiger partial charge is 0.493 e. The minimum atomic E-state index is -0.419. The number of ketones is 1. The summed E-state index contributed by atoms with van der Waals surface area (Å²) in [4.78, 5) is 11.0. The van der Waals surface area contributed by atoms with E-state index in [0.29, 0.717) is 17.2 Å². The Balaban J connectivity index is 3.37. The molecule has 0 amide bonds. The maximum atomic E-state index is 11.4. The molecule has 0 aliphatic rings. The van der Waals surface area contributed by atoms with Gasteiger partial charge in [0.05, 0.1) is 21.3 Å². The van der Waals surface area contributed by atoms with E-state index < -0.39 is 4.83 Å². The zero-order valence-electron chi connectivity index (χ0n) is 10.2. The zero-order valence-corrected chi connectivity index (χ0v) is 11.8. The van der Waals surface area contributed by atoms with E-state index in [9.17, 15) is 4.79 Å². The van der Waals surface area contributed by atoms with Crippen molar-refractivity contribution in [2.24, 2.45) is 0 Å². The van der Waals surface area contributed by atoms with Crippen molar-refractivity contribution in [1.29, 1.82) is 0 Å². The van der Waals surface area contributed by atoms with Crippen LogP contribution in [0, 0.1) is 0 Å². The van der Waals surface area contributed by atoms with E-state index in [1.54, 1.807) is 19.2 Å². The number of ether oxygens (including phenoxy) is 3. The molecule has 1 rings (SSSR count). The third kappa shape index (κ3) is 2.72. The van der Waals surface area contributed by atoms with Gasteiger partial charge in [0.1, 0.15) is 10.6 Å². The summed E-state index contributed by atoms with van der Waals surface area (Å²) in [7, 11) is 4.61. The molecule has 0 saturated heterocycles. The summed E-state index contributed by atoms with van der Waals surface area (Å²) in [5.41, 5.74) is 0.720. The second kappa shape index (κ2) is 5.91. The lowest BCUT2D eigenvalue weighted by molar-refractivity contribution is -0.116. The minimum absolute atomic E-state index is 0.00415. The third-order valence-corrected chi connectivity index (χ3v) is 3.50. The molecule has 0 N–H and O–H groups in total. The Morgan fingerprint density at radius 2 is 1.71 bits per heavy atom. The number of carbonyl (C=O) groups is 1. The fourth-order valence-electron chi connectivity index (χ4n) is 1.54. The van der Waals surface area contributed by atoms with Crippen LogP contribution in [0.25, 0.3) is 0 Å². The van der Waals surface area contributed by atoms with Crippen LogP contribution in [0.4, 0.5) is 0 Å². The van der Waals surface area contributed by atoms with Crippen LogP contribution in [0.1, 0.15) is 17.3 Å². The Morgan fingerprint density at radius 1 is 1.12 bits per heavy atom. The number of hydrogen-bond acceptors (Lipinski definition) is 4. The average Bonchev–Trinajstić information content (AvgIpc) is 2.35. The van der Waals surface area contributed by atoms with Crippen molar-refractivity contribution >= 4 is 21.7 Å². The normalized spacial score (nSPS) is 11.8. The summed E-state index contributed by atoms with van der Waals surface area (Å²) in [5.74, 6) is 1.55. The quantitative estimate of drug-likeness (QED) is 0.785. The molecule has 1 aromatic carbocycles. The molecule has 5 heteroatoms. The van der Waals surface area contributed by atoms with E-state index in [1.165, 1.54) is 21.1 Å². The SMILES string of the molecule is COc1ccc(C(Br)C(C)=O)c(OC)c1OC. The Labute approximate surface area is 109 Å². The standard InChI is InChI=1S/C12H15BrO4/c1-7(14)10(13)8-5-6-9(15-2)12(17-4)11(8)16-3/h5-6,10H,1-4H3. The first kappa shape index (κ1) is 13.8. The molecular weight excluding hydrogens is 288 g/mol. The Kier molecular flexibility index (Phi) is 4.81. The molecule has 0 fully saturated rings. The van der Waals surface area contributed by atoms with Gasteiger partial charge in [-0.05, 0) is 19.1 Å². The zero-order chi connectivity index (χ0) is 13.0. The van der Waals surface area contributed by atoms with E-state index >= 15 is 0 Å². The van der Waals surface area contributed by atoms with Crippen molar-refractivity contribution < 1.29 is 19.0 Å². The van der Waals surface area contributed by atoms with Crippen LogP contribution in [0.15, 0.2) is 12.1 Å². The molecule has 0 spiro atoms. The van der Waals surface area contributed by atoms with Crippen molar-refractivity contribution in [3.63, 3.8) is 0 Å². The van der Waals surface area contributed by atoms with Crippen molar-refractivity contribution in [2.75, 3.05) is 21.3 Å². The predicted molar refractivity (Wildman–Crippen MR) is 68.4 cm³/mol. The van der Waals surface area contributed by atoms with Gasteiger partial charge in [0.2, 0.25) is 5.75 Å². The molecule has 1 unspecified atom stereocenters. The molecule has 0 aliphatic heterocycles. The summed E-state index contributed by atoms with van der Waals surface area (Å²) in [6.07, 6.45) is 0. The maximum absolute atomic E-state index is 11.4. The summed E-state index contributed by atoms with van der Waals surface area (Å²) in [5, 5.41) is 0. The Bertz CT molecular complexity index is 417. The summed E-state index contributed by atoms with van der Waals surface area (Å²) in [6.45, 7) is 1.51. The number of hydrogen-bond donors (Lipinski definition) is 0. The summed E-state index contributed by atoms with van der Waals surface area (Å²) < 4.78 is 15.7. The second-order valence-corrected chi connectivity index (χ2v) is 4.31. The molecular formula is C12H15BrO4. The highest BCUT2D eigenvalue weighted by atomic mass is 79.9. The van der Waals surface area contributed by atoms with Gasteiger partial charge < -0.3 is 14.2 Å². The van der Waals surface area contributed by atoms with Gasteiger partial charge in [-0.2, -0.15) is 0 Å². The molecule has 0 saturated carbocycles. The van der Waals surface area contributed by atoms with Crippen LogP contribution < -0.4 is 14.2 Å². The fraction of sp³-hybridized carbons (Fsp3) is 0.417. The predicted octanol–water partition coefficient (Wildman–Crippen LogP) is 2.74. The lowest BCUT2D eigenvalue weighted by Gasteiger charge is -2.17. The number of methoxy groups -OCH3 is 3. The maximum Gasteiger partial charge on any atom is 0.203 e. The highest BCUT2D eigenvalue weighted by Gasteiger charge is 2.22. The van der Waals surface area contributed by atoms with Gasteiger partial charge in [-0.1, -0.05) is 15.9 Å². The van der Waals surface area contributed by atoms with Crippen molar-refractivity contribution in [3.05, 3.63) is 17.7 Å². The van der Waals surface area contributed by atoms with Crippen molar-refractivity contribution in [1.82, 2.24) is 0 Å². The number of carbonyl (C=O) groups excluding carboxylic acids is 1. The van der Waals surface area contributed by atoms with Gasteiger partial charge in [0.25, 0.3) is 0 Å². The number of alkyl halides is 1. The van der Waals surface area contributed by atoms with Gasteiger partial charge in [-0.25, -0.2) is 0 Å². The lowest BCUT2D eigenvalue weighted by atomic mass is 10.1. The van der Waals surface area contributed by atoms with Crippen LogP contribution in [-0.4, -0.2) is 27.1 Å². The number of halogens is 1. The van der Waals surface area contributed by atoms with Crippen molar-refractivity contribution in [2.45, 2.75) is 11.8 Å². The molecule has 0 bridgehead atoms. The van der Waals surface area contributed by atoms with Crippen molar-refractivity contribution in [3.8, 4) is 17.2 Å². The van der Waals surface area contributed by atoms with Gasteiger partial charge in [-0.15, -0.1) is 0 Å². The third-order valence-electron chi connectivity index (χ3n) is 2.36. The summed E-state index contributed by atoms with van der Waals surface area (Å²) in [6, 6.07) is 3.52. The second-order valence-electron chi connectivity index (χ2n) is 3.40. The molecule has 0 aliphatic carbocycles. The molecule has 1 atom stereocenters. The number of benzene rings is 1. The molecule has 1 aromatic rings. The minimum Gasteiger partial charge on any atom is -0.493 e. The molecule has 4 nitrogen and oxygen atoms in total. The lowest BCUT2D eigenvalue weighted by Crippen LogP contribution is -2.05. The van der Waals surface area contributed by atoms with E-state index in [2.05, 4.69) is 15.9 Å². The van der Waals surface area contributed by atoms with Crippen LogP contribution in [0.3, 0.4) is 0 Å². The monoisotopic (exact) mass is 302 g/mol. The average molecular weight is 303 g/mol. The van der Waals surface area contributed by atoms with E-state index in [0.717, 1.165) is 5.56 Å². The topological polar surface area (TPSA) is 44.8 Å². The van der Waals surface area contributed by atoms with Gasteiger partial charge >= 0.3 is 0 Å². The Morgan fingerprint density at radius 3 is 2.12 bits per heavy atom. The first-order valence-electron chi connectivity index (χ1n) is 5.00. The van der Waals surface area contributed by atoms with Crippen LogP contribution in [-0.2, 0) is 4.79 Å². The molecule has 0 heterocycles. The first-order valence-corrected chi connectivity index (χ1v) is 5.91. The smallest absolute Gasteiger partial charge is 0.203 e. The molecule has 94 valence electrons. The number of rotatable bonds is 5. The van der Waals surface area contributed by atoms with Crippen LogP contribution in [0.5, 0.6) is 17.2 Å². The highest BCUT2D eigenvalue weighted by molar-refractivity contribution is 9.09.